The summed E-state index contributed by atoms with van der Waals surface area (Å²) in [4.78, 5) is 12.5. The monoisotopic (exact) mass is 268 g/mol. The Morgan fingerprint density at radius 3 is 1.58 bits per heavy atom. The molecule has 0 aliphatic rings. The van der Waals surface area contributed by atoms with E-state index in [1.54, 1.807) is 12.2 Å². The third-order valence-electron chi connectivity index (χ3n) is 3.77. The predicted molar refractivity (Wildman–Crippen MR) is 75.6 cm³/mol. The van der Waals surface area contributed by atoms with Crippen molar-refractivity contribution in [2.24, 2.45) is 10.8 Å². The number of allylic oxidation sites excluding steroid dienone is 3. The molecule has 4 heteroatoms. The summed E-state index contributed by atoms with van der Waals surface area (Å²) in [5, 5.41) is 28.8. The van der Waals surface area contributed by atoms with Crippen LogP contribution in [0.25, 0.3) is 0 Å². The Morgan fingerprint density at radius 1 is 0.895 bits per heavy atom. The van der Waals surface area contributed by atoms with Gasteiger partial charge in [0.2, 0.25) is 0 Å². The minimum Gasteiger partial charge on any atom is -0.396 e. The van der Waals surface area contributed by atoms with E-state index in [4.69, 9.17) is 0 Å². The molecule has 108 valence electrons. The van der Waals surface area contributed by atoms with Crippen molar-refractivity contribution in [3.63, 3.8) is 0 Å². The Balaban J connectivity index is 5.91. The van der Waals surface area contributed by atoms with Gasteiger partial charge < -0.3 is 15.3 Å². The number of aliphatic hydroxyl groups is 3. The van der Waals surface area contributed by atoms with Crippen molar-refractivity contribution >= 4 is 5.78 Å². The summed E-state index contributed by atoms with van der Waals surface area (Å²) in [6, 6.07) is 0. The zero-order chi connectivity index (χ0) is 14.9. The van der Waals surface area contributed by atoms with Gasteiger partial charge in [0.1, 0.15) is 5.78 Å². The Kier molecular flexibility index (Phi) is 7.52. The van der Waals surface area contributed by atoms with Crippen molar-refractivity contribution in [1.82, 2.24) is 0 Å². The fourth-order valence-electron chi connectivity index (χ4n) is 2.46. The van der Waals surface area contributed by atoms with Gasteiger partial charge in [-0.3, -0.25) is 4.79 Å². The minimum absolute atomic E-state index is 0.101. The lowest BCUT2D eigenvalue weighted by atomic mass is 9.58. The maximum atomic E-state index is 12.5. The third-order valence-corrected chi connectivity index (χ3v) is 3.77. The molecule has 0 radical (unpaired) electrons. The summed E-state index contributed by atoms with van der Waals surface area (Å²) >= 11 is 0. The Labute approximate surface area is 114 Å². The van der Waals surface area contributed by atoms with Gasteiger partial charge in [0.15, 0.2) is 0 Å². The van der Waals surface area contributed by atoms with Gasteiger partial charge in [-0.1, -0.05) is 18.2 Å². The van der Waals surface area contributed by atoms with Gasteiger partial charge in [-0.2, -0.15) is 0 Å². The highest BCUT2D eigenvalue weighted by Crippen LogP contribution is 2.47. The highest BCUT2D eigenvalue weighted by atomic mass is 16.3. The SMILES string of the molecule is C=CCC(=O)C(CC=C)(CC=C)C(CO)(CO)CO. The molecule has 0 saturated heterocycles. The first kappa shape index (κ1) is 17.8. The molecule has 0 atom stereocenters. The van der Waals surface area contributed by atoms with Crippen LogP contribution in [-0.4, -0.2) is 40.9 Å². The number of ketones is 1. The molecule has 0 aliphatic carbocycles. The van der Waals surface area contributed by atoms with Gasteiger partial charge in [0.25, 0.3) is 0 Å². The van der Waals surface area contributed by atoms with E-state index >= 15 is 0 Å². The van der Waals surface area contributed by atoms with Crippen LogP contribution in [0.5, 0.6) is 0 Å². The fraction of sp³-hybridized carbons (Fsp3) is 0.533. The quantitative estimate of drug-likeness (QED) is 0.493. The second-order valence-corrected chi connectivity index (χ2v) is 4.74. The molecule has 0 spiro atoms. The van der Waals surface area contributed by atoms with Gasteiger partial charge in [0, 0.05) is 11.8 Å². The van der Waals surface area contributed by atoms with Gasteiger partial charge >= 0.3 is 0 Å². The Bertz CT molecular complexity index is 311. The summed E-state index contributed by atoms with van der Waals surface area (Å²) in [5.74, 6) is -0.195. The summed E-state index contributed by atoms with van der Waals surface area (Å²) in [5.41, 5.74) is -2.43. The van der Waals surface area contributed by atoms with Crippen molar-refractivity contribution in [3.05, 3.63) is 38.0 Å². The van der Waals surface area contributed by atoms with Crippen LogP contribution in [0.2, 0.25) is 0 Å². The summed E-state index contributed by atoms with van der Waals surface area (Å²) in [7, 11) is 0. The number of Topliss-reactive ketones (excluding diaryl/α,β-unsaturated/α-hetero) is 1. The standard InChI is InChI=1S/C15H24O4/c1-4-7-13(19)15(8-5-2,9-6-3)14(10-16,11-17)12-18/h4-6,16-18H,1-3,7-12H2. The van der Waals surface area contributed by atoms with Gasteiger partial charge in [-0.25, -0.2) is 0 Å². The second kappa shape index (κ2) is 8.04. The van der Waals surface area contributed by atoms with Crippen LogP contribution in [0.3, 0.4) is 0 Å². The third kappa shape index (κ3) is 3.21. The molecule has 19 heavy (non-hydrogen) atoms. The van der Waals surface area contributed by atoms with E-state index in [2.05, 4.69) is 19.7 Å². The fourth-order valence-corrected chi connectivity index (χ4v) is 2.46. The smallest absolute Gasteiger partial charge is 0.144 e. The van der Waals surface area contributed by atoms with Gasteiger partial charge in [0.05, 0.1) is 25.2 Å². The molecule has 0 rings (SSSR count). The van der Waals surface area contributed by atoms with E-state index in [9.17, 15) is 20.1 Å². The molecule has 0 saturated carbocycles. The van der Waals surface area contributed by atoms with Crippen LogP contribution < -0.4 is 0 Å². The van der Waals surface area contributed by atoms with Crippen LogP contribution in [0, 0.1) is 10.8 Å². The lowest BCUT2D eigenvalue weighted by molar-refractivity contribution is -0.149. The molecule has 0 unspecified atom stereocenters. The van der Waals surface area contributed by atoms with Gasteiger partial charge in [-0.05, 0) is 12.8 Å². The summed E-state index contributed by atoms with van der Waals surface area (Å²) in [6.07, 6.45) is 5.17. The molecule has 0 amide bonds. The first-order chi connectivity index (χ1) is 9.03. The number of rotatable bonds is 11. The van der Waals surface area contributed by atoms with Crippen LogP contribution >= 0.6 is 0 Å². The highest BCUT2D eigenvalue weighted by molar-refractivity contribution is 5.87. The Morgan fingerprint density at radius 2 is 1.32 bits per heavy atom. The minimum atomic E-state index is -1.31. The first-order valence-corrected chi connectivity index (χ1v) is 6.22. The maximum absolute atomic E-state index is 12.5. The molecule has 0 fully saturated rings. The van der Waals surface area contributed by atoms with Crippen molar-refractivity contribution in [2.75, 3.05) is 19.8 Å². The molecular weight excluding hydrogens is 244 g/mol. The lowest BCUT2D eigenvalue weighted by Gasteiger charge is -2.46. The number of carbonyl (C=O) groups is 1. The maximum Gasteiger partial charge on any atom is 0.144 e. The van der Waals surface area contributed by atoms with Crippen molar-refractivity contribution in [3.8, 4) is 0 Å². The molecule has 4 nitrogen and oxygen atoms in total. The zero-order valence-corrected chi connectivity index (χ0v) is 11.3. The van der Waals surface area contributed by atoms with E-state index in [0.717, 1.165) is 0 Å². The van der Waals surface area contributed by atoms with E-state index in [1.807, 2.05) is 0 Å². The number of hydrogen-bond donors (Lipinski definition) is 3. The lowest BCUT2D eigenvalue weighted by Crippen LogP contribution is -2.54. The summed E-state index contributed by atoms with van der Waals surface area (Å²) in [6.45, 7) is 9.31. The van der Waals surface area contributed by atoms with Crippen molar-refractivity contribution in [2.45, 2.75) is 19.3 Å². The molecule has 0 aromatic carbocycles. The molecule has 0 aromatic heterocycles. The van der Waals surface area contributed by atoms with Crippen LogP contribution in [0.1, 0.15) is 19.3 Å². The number of aliphatic hydroxyl groups excluding tert-OH is 3. The molecule has 0 aliphatic heterocycles. The topological polar surface area (TPSA) is 77.8 Å². The predicted octanol–water partition coefficient (Wildman–Crippen LogP) is 1.23. The zero-order valence-electron chi connectivity index (χ0n) is 11.3. The van der Waals surface area contributed by atoms with Crippen LogP contribution in [-0.2, 0) is 4.79 Å². The second-order valence-electron chi connectivity index (χ2n) is 4.74. The highest BCUT2D eigenvalue weighted by Gasteiger charge is 2.53. The van der Waals surface area contributed by atoms with Crippen molar-refractivity contribution in [1.29, 1.82) is 0 Å². The van der Waals surface area contributed by atoms with E-state index < -0.39 is 30.7 Å². The van der Waals surface area contributed by atoms with Gasteiger partial charge in [-0.15, -0.1) is 19.7 Å². The van der Waals surface area contributed by atoms with E-state index in [1.165, 1.54) is 6.08 Å². The van der Waals surface area contributed by atoms with E-state index in [0.29, 0.717) is 0 Å². The van der Waals surface area contributed by atoms with E-state index in [-0.39, 0.29) is 25.0 Å². The first-order valence-electron chi connectivity index (χ1n) is 6.22. The normalized spacial score (nSPS) is 11.9. The molecule has 3 N–H and O–H groups in total. The molecular formula is C15H24O4. The molecule has 0 aromatic rings. The van der Waals surface area contributed by atoms with Crippen LogP contribution in [0.15, 0.2) is 38.0 Å². The Hall–Kier alpha value is -1.23. The largest absolute Gasteiger partial charge is 0.396 e. The van der Waals surface area contributed by atoms with Crippen molar-refractivity contribution < 1.29 is 20.1 Å². The molecule has 0 heterocycles. The van der Waals surface area contributed by atoms with Crippen LogP contribution in [0.4, 0.5) is 0 Å². The number of carbonyl (C=O) groups excluding carboxylic acids is 1. The average molecular weight is 268 g/mol. The number of hydrogen-bond acceptors (Lipinski definition) is 4. The average Bonchev–Trinajstić information content (AvgIpc) is 2.41. The summed E-state index contributed by atoms with van der Waals surface area (Å²) < 4.78 is 0. The molecule has 0 bridgehead atoms.